The lowest BCUT2D eigenvalue weighted by Gasteiger charge is -2.55. The SMILES string of the molecule is O=C(CCN1C(=O)CCc2ccccc21)N[C@@H]1C[C@@H](O)C12CCOCC2. The fourth-order valence-electron chi connectivity index (χ4n) is 4.62. The topological polar surface area (TPSA) is 78.9 Å². The third kappa shape index (κ3) is 3.01. The Labute approximate surface area is 153 Å². The van der Waals surface area contributed by atoms with Gasteiger partial charge in [-0.2, -0.15) is 0 Å². The molecule has 0 unspecified atom stereocenters. The minimum Gasteiger partial charge on any atom is -0.392 e. The molecule has 1 saturated carbocycles. The van der Waals surface area contributed by atoms with Crippen LogP contribution in [0.5, 0.6) is 0 Å². The largest absolute Gasteiger partial charge is 0.392 e. The van der Waals surface area contributed by atoms with E-state index >= 15 is 0 Å². The molecule has 3 aliphatic rings. The van der Waals surface area contributed by atoms with Crippen LogP contribution in [0.15, 0.2) is 24.3 Å². The minimum atomic E-state index is -0.354. The van der Waals surface area contributed by atoms with E-state index in [-0.39, 0.29) is 35.8 Å². The Bertz CT molecular complexity index is 699. The number of para-hydroxylation sites is 1. The molecule has 2 heterocycles. The number of carbonyl (C=O) groups is 2. The molecule has 1 saturated heterocycles. The predicted molar refractivity (Wildman–Crippen MR) is 96.8 cm³/mol. The second-order valence-corrected chi connectivity index (χ2v) is 7.64. The maximum atomic E-state index is 12.5. The third-order valence-electron chi connectivity index (χ3n) is 6.33. The number of carbonyl (C=O) groups excluding carboxylic acids is 2. The number of hydrogen-bond donors (Lipinski definition) is 2. The van der Waals surface area contributed by atoms with Crippen LogP contribution in [0.3, 0.4) is 0 Å². The molecular formula is C20H26N2O4. The lowest BCUT2D eigenvalue weighted by Crippen LogP contribution is -2.65. The van der Waals surface area contributed by atoms with Crippen molar-refractivity contribution in [2.75, 3.05) is 24.7 Å². The molecule has 1 aliphatic carbocycles. The predicted octanol–water partition coefficient (Wildman–Crippen LogP) is 1.40. The van der Waals surface area contributed by atoms with Crippen molar-refractivity contribution < 1.29 is 19.4 Å². The van der Waals surface area contributed by atoms with E-state index in [2.05, 4.69) is 5.32 Å². The summed E-state index contributed by atoms with van der Waals surface area (Å²) in [5.41, 5.74) is 1.87. The number of amides is 2. The number of fused-ring (bicyclic) bond motifs is 1. The van der Waals surface area contributed by atoms with Crippen molar-refractivity contribution in [1.29, 1.82) is 0 Å². The Hall–Kier alpha value is -1.92. The van der Waals surface area contributed by atoms with Crippen molar-refractivity contribution in [2.45, 2.75) is 50.7 Å². The summed E-state index contributed by atoms with van der Waals surface area (Å²) in [5.74, 6) is 0.0279. The van der Waals surface area contributed by atoms with Crippen LogP contribution in [-0.4, -0.2) is 48.8 Å². The molecular weight excluding hydrogens is 332 g/mol. The molecule has 1 aromatic carbocycles. The molecule has 0 aromatic heterocycles. The lowest BCUT2D eigenvalue weighted by molar-refractivity contribution is -0.156. The van der Waals surface area contributed by atoms with E-state index in [1.165, 1.54) is 0 Å². The molecule has 2 amide bonds. The highest BCUT2D eigenvalue weighted by Gasteiger charge is 2.55. The van der Waals surface area contributed by atoms with Gasteiger partial charge in [0.2, 0.25) is 11.8 Å². The van der Waals surface area contributed by atoms with Crippen molar-refractivity contribution >= 4 is 17.5 Å². The van der Waals surface area contributed by atoms with Gasteiger partial charge in [-0.05, 0) is 37.3 Å². The number of benzene rings is 1. The average Bonchev–Trinajstić information content (AvgIpc) is 2.67. The first-order chi connectivity index (χ1) is 12.6. The summed E-state index contributed by atoms with van der Waals surface area (Å²) in [6, 6.07) is 7.91. The first-order valence-corrected chi connectivity index (χ1v) is 9.53. The molecule has 0 radical (unpaired) electrons. The molecule has 0 bridgehead atoms. The van der Waals surface area contributed by atoms with Crippen LogP contribution >= 0.6 is 0 Å². The Morgan fingerprint density at radius 1 is 1.27 bits per heavy atom. The summed E-state index contributed by atoms with van der Waals surface area (Å²) in [5, 5.41) is 13.3. The molecule has 2 fully saturated rings. The minimum absolute atomic E-state index is 0.0123. The molecule has 6 heteroatoms. The van der Waals surface area contributed by atoms with E-state index in [4.69, 9.17) is 4.74 Å². The number of anilines is 1. The Balaban J connectivity index is 1.35. The van der Waals surface area contributed by atoms with E-state index in [0.29, 0.717) is 32.6 Å². The van der Waals surface area contributed by atoms with Gasteiger partial charge in [0.25, 0.3) is 0 Å². The number of aryl methyl sites for hydroxylation is 1. The van der Waals surface area contributed by atoms with Crippen LogP contribution in [0.2, 0.25) is 0 Å². The van der Waals surface area contributed by atoms with Crippen LogP contribution in [0.25, 0.3) is 0 Å². The van der Waals surface area contributed by atoms with E-state index in [1.54, 1.807) is 4.90 Å². The number of nitrogens with zero attached hydrogens (tertiary/aromatic N) is 1. The Morgan fingerprint density at radius 3 is 2.81 bits per heavy atom. The first kappa shape index (κ1) is 17.5. The maximum Gasteiger partial charge on any atom is 0.227 e. The van der Waals surface area contributed by atoms with Crippen LogP contribution < -0.4 is 10.2 Å². The monoisotopic (exact) mass is 358 g/mol. The lowest BCUT2D eigenvalue weighted by atomic mass is 9.58. The first-order valence-electron chi connectivity index (χ1n) is 9.53. The number of nitrogens with one attached hydrogen (secondary N) is 1. The van der Waals surface area contributed by atoms with Crippen molar-refractivity contribution in [3.8, 4) is 0 Å². The van der Waals surface area contributed by atoms with Crippen LogP contribution in [0.4, 0.5) is 5.69 Å². The molecule has 4 rings (SSSR count). The summed E-state index contributed by atoms with van der Waals surface area (Å²) in [6.45, 7) is 1.68. The van der Waals surface area contributed by atoms with E-state index < -0.39 is 0 Å². The van der Waals surface area contributed by atoms with Crippen LogP contribution in [0, 0.1) is 5.41 Å². The molecule has 6 nitrogen and oxygen atoms in total. The molecule has 2 atom stereocenters. The fourth-order valence-corrected chi connectivity index (χ4v) is 4.62. The van der Waals surface area contributed by atoms with Crippen LogP contribution in [-0.2, 0) is 20.7 Å². The van der Waals surface area contributed by atoms with Gasteiger partial charge in [-0.25, -0.2) is 0 Å². The zero-order chi connectivity index (χ0) is 18.1. The highest BCUT2D eigenvalue weighted by Crippen LogP contribution is 2.48. The van der Waals surface area contributed by atoms with Crippen molar-refractivity contribution in [2.24, 2.45) is 5.41 Å². The number of ether oxygens (including phenoxy) is 1. The molecule has 1 aromatic rings. The number of hydrogen-bond acceptors (Lipinski definition) is 4. The molecule has 140 valence electrons. The van der Waals surface area contributed by atoms with Gasteiger partial charge in [-0.3, -0.25) is 9.59 Å². The van der Waals surface area contributed by atoms with Crippen molar-refractivity contribution in [3.05, 3.63) is 29.8 Å². The van der Waals surface area contributed by atoms with Crippen molar-refractivity contribution in [1.82, 2.24) is 5.32 Å². The zero-order valence-electron chi connectivity index (χ0n) is 14.9. The summed E-state index contributed by atoms with van der Waals surface area (Å²) in [6.07, 6.45) is 3.37. The quantitative estimate of drug-likeness (QED) is 0.853. The third-order valence-corrected chi connectivity index (χ3v) is 6.33. The van der Waals surface area contributed by atoms with Gasteiger partial charge in [0.15, 0.2) is 0 Å². The fraction of sp³-hybridized carbons (Fsp3) is 0.600. The number of aliphatic hydroxyl groups is 1. The van der Waals surface area contributed by atoms with Gasteiger partial charge in [0.1, 0.15) is 0 Å². The average molecular weight is 358 g/mol. The van der Waals surface area contributed by atoms with Crippen molar-refractivity contribution in [3.63, 3.8) is 0 Å². The summed E-state index contributed by atoms with van der Waals surface area (Å²) < 4.78 is 5.41. The highest BCUT2D eigenvalue weighted by molar-refractivity contribution is 5.97. The van der Waals surface area contributed by atoms with E-state index in [9.17, 15) is 14.7 Å². The standard InChI is InChI=1S/C20H26N2O4/c23-17-13-16(20(17)8-11-26-12-9-20)21-18(24)7-10-22-15-4-2-1-3-14(15)5-6-19(22)25/h1-4,16-17,23H,5-13H2,(H,21,24)/t16-,17-/m1/s1. The van der Waals surface area contributed by atoms with Crippen LogP contribution in [0.1, 0.15) is 37.7 Å². The van der Waals surface area contributed by atoms with Gasteiger partial charge >= 0.3 is 0 Å². The normalized spacial score (nSPS) is 27.0. The summed E-state index contributed by atoms with van der Waals surface area (Å²) in [7, 11) is 0. The van der Waals surface area contributed by atoms with E-state index in [1.807, 2.05) is 24.3 Å². The molecule has 1 spiro atoms. The van der Waals surface area contributed by atoms with Gasteiger partial charge in [0, 0.05) is 49.7 Å². The smallest absolute Gasteiger partial charge is 0.227 e. The van der Waals surface area contributed by atoms with Gasteiger partial charge < -0.3 is 20.1 Å². The molecule has 2 N–H and O–H groups in total. The molecule has 26 heavy (non-hydrogen) atoms. The highest BCUT2D eigenvalue weighted by atomic mass is 16.5. The van der Waals surface area contributed by atoms with E-state index in [0.717, 1.165) is 30.5 Å². The summed E-state index contributed by atoms with van der Waals surface area (Å²) >= 11 is 0. The number of rotatable bonds is 4. The number of aliphatic hydroxyl groups excluding tert-OH is 1. The second kappa shape index (κ2) is 7.00. The van der Waals surface area contributed by atoms with Gasteiger partial charge in [-0.15, -0.1) is 0 Å². The summed E-state index contributed by atoms with van der Waals surface area (Å²) in [4.78, 5) is 26.5. The van der Waals surface area contributed by atoms with Gasteiger partial charge in [-0.1, -0.05) is 18.2 Å². The molecule has 2 aliphatic heterocycles. The second-order valence-electron chi connectivity index (χ2n) is 7.64. The zero-order valence-corrected chi connectivity index (χ0v) is 14.9. The Kier molecular flexibility index (Phi) is 4.71. The Morgan fingerprint density at radius 2 is 2.04 bits per heavy atom. The maximum absolute atomic E-state index is 12.5. The van der Waals surface area contributed by atoms with Gasteiger partial charge in [0.05, 0.1) is 6.10 Å².